The van der Waals surface area contributed by atoms with Crippen LogP contribution in [0.5, 0.6) is 5.75 Å². The van der Waals surface area contributed by atoms with E-state index >= 15 is 0 Å². The van der Waals surface area contributed by atoms with Crippen molar-refractivity contribution in [2.75, 3.05) is 49.5 Å². The summed E-state index contributed by atoms with van der Waals surface area (Å²) in [4.78, 5) is 38.0. The Morgan fingerprint density at radius 3 is 2.07 bits per heavy atom. The number of phenols is 1. The first-order valence-corrected chi connectivity index (χ1v) is 13.8. The number of amides is 2. The number of carbonyl (C=O) groups excluding carboxylic acids is 2. The van der Waals surface area contributed by atoms with Crippen LogP contribution in [0.2, 0.25) is 5.02 Å². The van der Waals surface area contributed by atoms with E-state index in [0.717, 1.165) is 22.5 Å². The molecule has 0 spiro atoms. The van der Waals surface area contributed by atoms with Gasteiger partial charge in [0.15, 0.2) is 5.82 Å². The zero-order valence-electron chi connectivity index (χ0n) is 22.7. The molecular weight excluding hydrogens is 540 g/mol. The van der Waals surface area contributed by atoms with E-state index in [9.17, 15) is 14.7 Å². The van der Waals surface area contributed by atoms with Crippen molar-refractivity contribution in [3.05, 3.63) is 89.4 Å². The van der Waals surface area contributed by atoms with Gasteiger partial charge in [-0.05, 0) is 59.7 Å². The van der Waals surface area contributed by atoms with Gasteiger partial charge in [0.1, 0.15) is 17.4 Å². The number of carbonyl (C=O) groups is 2. The third-order valence-electron chi connectivity index (χ3n) is 6.84. The molecule has 1 aromatic heterocycles. The molecule has 210 valence electrons. The standard InChI is InChI=1S/C31H31ClN6O3/c1-21(39)33-14-15-34-28-20-29(36-30(35-28)24-6-10-26(32)11-7-24)37-16-18-38(19-17-37)31(41)25-4-2-22(3-5-25)23-8-12-27(40)13-9-23/h2-13,20,40H,14-19H2,1H3,(H,33,39)(H,34,35,36). The SMILES string of the molecule is CC(=O)NCCNc1cc(N2CCN(C(=O)c3ccc(-c4ccc(O)cc4)cc3)CC2)nc(-c2ccc(Cl)cc2)n1. The number of piperazine rings is 1. The summed E-state index contributed by atoms with van der Waals surface area (Å²) >= 11 is 6.08. The van der Waals surface area contributed by atoms with Crippen molar-refractivity contribution in [3.63, 3.8) is 0 Å². The number of halogens is 1. The number of rotatable bonds is 8. The lowest BCUT2D eigenvalue weighted by Gasteiger charge is -2.35. The van der Waals surface area contributed by atoms with E-state index in [1.165, 1.54) is 6.92 Å². The van der Waals surface area contributed by atoms with Crippen molar-refractivity contribution in [1.29, 1.82) is 0 Å². The minimum absolute atomic E-state index is 0.00762. The minimum Gasteiger partial charge on any atom is -0.508 e. The highest BCUT2D eigenvalue weighted by atomic mass is 35.5. The molecule has 0 saturated carbocycles. The molecule has 0 radical (unpaired) electrons. The van der Waals surface area contributed by atoms with Crippen LogP contribution in [0, 0.1) is 0 Å². The largest absolute Gasteiger partial charge is 0.508 e. The first-order chi connectivity index (χ1) is 19.9. The molecule has 1 aliphatic rings. The number of benzene rings is 3. The number of anilines is 2. The van der Waals surface area contributed by atoms with Gasteiger partial charge in [0, 0.05) is 68.4 Å². The highest BCUT2D eigenvalue weighted by molar-refractivity contribution is 6.30. The lowest BCUT2D eigenvalue weighted by molar-refractivity contribution is -0.118. The van der Waals surface area contributed by atoms with Gasteiger partial charge in [-0.25, -0.2) is 9.97 Å². The second kappa shape index (κ2) is 12.7. The Morgan fingerprint density at radius 2 is 1.44 bits per heavy atom. The summed E-state index contributed by atoms with van der Waals surface area (Å²) in [6.45, 7) is 4.85. The van der Waals surface area contributed by atoms with Crippen LogP contribution in [-0.2, 0) is 4.79 Å². The number of aromatic hydroxyl groups is 1. The van der Waals surface area contributed by atoms with Crippen molar-refractivity contribution in [1.82, 2.24) is 20.2 Å². The van der Waals surface area contributed by atoms with Crippen molar-refractivity contribution in [2.45, 2.75) is 6.92 Å². The first kappa shape index (κ1) is 27.9. The molecule has 0 unspecified atom stereocenters. The molecule has 41 heavy (non-hydrogen) atoms. The second-order valence-corrected chi connectivity index (χ2v) is 10.2. The summed E-state index contributed by atoms with van der Waals surface area (Å²) in [6, 6.07) is 23.8. The number of aromatic nitrogens is 2. The molecule has 1 saturated heterocycles. The highest BCUT2D eigenvalue weighted by Gasteiger charge is 2.24. The van der Waals surface area contributed by atoms with E-state index in [1.54, 1.807) is 24.3 Å². The normalized spacial score (nSPS) is 13.1. The van der Waals surface area contributed by atoms with Crippen LogP contribution >= 0.6 is 11.6 Å². The molecule has 2 amide bonds. The Bertz CT molecular complexity index is 1500. The maximum atomic E-state index is 13.2. The smallest absolute Gasteiger partial charge is 0.253 e. The number of hydrogen-bond donors (Lipinski definition) is 3. The Morgan fingerprint density at radius 1 is 0.829 bits per heavy atom. The predicted molar refractivity (Wildman–Crippen MR) is 161 cm³/mol. The van der Waals surface area contributed by atoms with E-state index < -0.39 is 0 Å². The second-order valence-electron chi connectivity index (χ2n) is 9.76. The molecule has 0 aliphatic carbocycles. The summed E-state index contributed by atoms with van der Waals surface area (Å²) in [5.41, 5.74) is 3.43. The van der Waals surface area contributed by atoms with Crippen LogP contribution in [0.25, 0.3) is 22.5 Å². The van der Waals surface area contributed by atoms with Crippen LogP contribution in [0.1, 0.15) is 17.3 Å². The van der Waals surface area contributed by atoms with Crippen molar-refractivity contribution in [3.8, 4) is 28.3 Å². The fourth-order valence-corrected chi connectivity index (χ4v) is 4.75. The fourth-order valence-electron chi connectivity index (χ4n) is 4.62. The molecule has 5 rings (SSSR count). The predicted octanol–water partition coefficient (Wildman–Crippen LogP) is 4.68. The average Bonchev–Trinajstić information content (AvgIpc) is 3.00. The van der Waals surface area contributed by atoms with Gasteiger partial charge in [0.25, 0.3) is 5.91 Å². The average molecular weight is 571 g/mol. The Labute approximate surface area is 243 Å². The van der Waals surface area contributed by atoms with Gasteiger partial charge >= 0.3 is 0 Å². The zero-order chi connectivity index (χ0) is 28.8. The van der Waals surface area contributed by atoms with Gasteiger partial charge in [-0.1, -0.05) is 35.9 Å². The third-order valence-corrected chi connectivity index (χ3v) is 7.10. The third kappa shape index (κ3) is 7.12. The maximum absolute atomic E-state index is 13.2. The molecule has 0 atom stereocenters. The minimum atomic E-state index is -0.0854. The van der Waals surface area contributed by atoms with Gasteiger partial charge in [-0.2, -0.15) is 0 Å². The molecule has 2 heterocycles. The van der Waals surface area contributed by atoms with Crippen LogP contribution in [0.4, 0.5) is 11.6 Å². The number of phenolic OH excluding ortho intramolecular Hbond substituents is 1. The van der Waals surface area contributed by atoms with E-state index in [4.69, 9.17) is 16.6 Å². The van der Waals surface area contributed by atoms with Gasteiger partial charge in [-0.15, -0.1) is 0 Å². The van der Waals surface area contributed by atoms with Crippen molar-refractivity contribution >= 4 is 35.1 Å². The quantitative estimate of drug-likeness (QED) is 0.264. The number of nitrogens with one attached hydrogen (secondary N) is 2. The van der Waals surface area contributed by atoms with Crippen LogP contribution in [-0.4, -0.2) is 71.1 Å². The number of hydrogen-bond acceptors (Lipinski definition) is 7. The summed E-state index contributed by atoms with van der Waals surface area (Å²) < 4.78 is 0. The van der Waals surface area contributed by atoms with Crippen LogP contribution < -0.4 is 15.5 Å². The van der Waals surface area contributed by atoms with Gasteiger partial charge in [0.2, 0.25) is 5.91 Å². The lowest BCUT2D eigenvalue weighted by Crippen LogP contribution is -2.49. The molecule has 9 nitrogen and oxygen atoms in total. The fraction of sp³-hybridized carbons (Fsp3) is 0.226. The monoisotopic (exact) mass is 570 g/mol. The summed E-state index contributed by atoms with van der Waals surface area (Å²) in [7, 11) is 0. The zero-order valence-corrected chi connectivity index (χ0v) is 23.4. The van der Waals surface area contributed by atoms with E-state index in [-0.39, 0.29) is 17.6 Å². The van der Waals surface area contributed by atoms with Crippen LogP contribution in [0.15, 0.2) is 78.9 Å². The highest BCUT2D eigenvalue weighted by Crippen LogP contribution is 2.26. The van der Waals surface area contributed by atoms with Crippen molar-refractivity contribution < 1.29 is 14.7 Å². The summed E-state index contributed by atoms with van der Waals surface area (Å²) in [5.74, 6) is 2.10. The maximum Gasteiger partial charge on any atom is 0.253 e. The molecule has 10 heteroatoms. The van der Waals surface area contributed by atoms with E-state index in [1.807, 2.05) is 59.5 Å². The molecule has 4 aromatic rings. The molecule has 3 aromatic carbocycles. The Kier molecular flexibility index (Phi) is 8.64. The molecule has 1 aliphatic heterocycles. The molecule has 0 bridgehead atoms. The van der Waals surface area contributed by atoms with E-state index in [0.29, 0.717) is 61.5 Å². The Hall–Kier alpha value is -4.63. The molecule has 3 N–H and O–H groups in total. The number of nitrogens with zero attached hydrogens (tertiary/aromatic N) is 4. The lowest BCUT2D eigenvalue weighted by atomic mass is 10.0. The van der Waals surface area contributed by atoms with Crippen molar-refractivity contribution in [2.24, 2.45) is 0 Å². The van der Waals surface area contributed by atoms with E-state index in [2.05, 4.69) is 20.5 Å². The van der Waals surface area contributed by atoms with Gasteiger partial charge in [-0.3, -0.25) is 9.59 Å². The van der Waals surface area contributed by atoms with Crippen LogP contribution in [0.3, 0.4) is 0 Å². The topological polar surface area (TPSA) is 111 Å². The Balaban J connectivity index is 1.27. The molecule has 1 fully saturated rings. The first-order valence-electron chi connectivity index (χ1n) is 13.4. The summed E-state index contributed by atoms with van der Waals surface area (Å²) in [5, 5.41) is 16.2. The summed E-state index contributed by atoms with van der Waals surface area (Å²) in [6.07, 6.45) is 0. The van der Waals surface area contributed by atoms with Gasteiger partial charge in [0.05, 0.1) is 0 Å². The molecular formula is C31H31ClN6O3. The van der Waals surface area contributed by atoms with Gasteiger partial charge < -0.3 is 25.5 Å².